The van der Waals surface area contributed by atoms with Crippen LogP contribution >= 0.6 is 0 Å². The predicted molar refractivity (Wildman–Crippen MR) is 91.5 cm³/mol. The first kappa shape index (κ1) is 16.8. The quantitative estimate of drug-likeness (QED) is 0.855. The summed E-state index contributed by atoms with van der Waals surface area (Å²) < 4.78 is 40.1. The average Bonchev–Trinajstić information content (AvgIpc) is 2.57. The van der Waals surface area contributed by atoms with Crippen molar-refractivity contribution in [1.29, 1.82) is 0 Å². The number of hydrogen-bond donors (Lipinski definition) is 1. The largest absolute Gasteiger partial charge is 0.497 e. The summed E-state index contributed by atoms with van der Waals surface area (Å²) in [6.07, 6.45) is 0.159. The van der Waals surface area contributed by atoms with Crippen molar-refractivity contribution in [3.8, 4) is 11.5 Å². The van der Waals surface area contributed by atoms with Crippen LogP contribution in [-0.2, 0) is 5.92 Å². The van der Waals surface area contributed by atoms with Crippen LogP contribution < -0.4 is 14.8 Å². The lowest BCUT2D eigenvalue weighted by Gasteiger charge is -2.72. The smallest absolute Gasteiger partial charge is 0.413 e. The predicted octanol–water partition coefficient (Wildman–Crippen LogP) is 4.50. The van der Waals surface area contributed by atoms with Gasteiger partial charge in [-0.15, -0.1) is 0 Å². The first-order valence-corrected chi connectivity index (χ1v) is 8.46. The van der Waals surface area contributed by atoms with Crippen LogP contribution in [0, 0.1) is 5.41 Å². The van der Waals surface area contributed by atoms with Crippen LogP contribution in [0.1, 0.15) is 24.8 Å². The van der Waals surface area contributed by atoms with E-state index in [0.717, 1.165) is 0 Å². The summed E-state index contributed by atoms with van der Waals surface area (Å²) in [4.78, 5) is 12.0. The number of alkyl halides is 2. The summed E-state index contributed by atoms with van der Waals surface area (Å²) in [5, 5.41) is 2.76. The molecule has 0 saturated heterocycles. The van der Waals surface area contributed by atoms with E-state index in [9.17, 15) is 13.6 Å². The topological polar surface area (TPSA) is 47.6 Å². The maximum absolute atomic E-state index is 14.9. The third-order valence-electron chi connectivity index (χ3n) is 5.47. The fourth-order valence-electron chi connectivity index (χ4n) is 4.20. The fraction of sp³-hybridized carbons (Fsp3) is 0.350. The number of para-hydroxylation sites is 1. The molecule has 26 heavy (non-hydrogen) atoms. The third kappa shape index (κ3) is 2.52. The van der Waals surface area contributed by atoms with E-state index in [0.29, 0.717) is 11.5 Å². The van der Waals surface area contributed by atoms with Crippen molar-refractivity contribution in [1.82, 2.24) is 5.32 Å². The van der Waals surface area contributed by atoms with Gasteiger partial charge in [-0.05, 0) is 55.7 Å². The molecule has 4 nitrogen and oxygen atoms in total. The fourth-order valence-corrected chi connectivity index (χ4v) is 4.20. The SMILES string of the molecule is COc1ccc(C(F)(F)C23CC(NC(=O)Oc4ccccc4)(C2)C3)cc1. The summed E-state index contributed by atoms with van der Waals surface area (Å²) in [5.74, 6) is -1.97. The van der Waals surface area contributed by atoms with Gasteiger partial charge in [-0.1, -0.05) is 18.2 Å². The van der Waals surface area contributed by atoms with Crippen molar-refractivity contribution in [2.24, 2.45) is 5.41 Å². The summed E-state index contributed by atoms with van der Waals surface area (Å²) in [5.41, 5.74) is -1.66. The third-order valence-corrected chi connectivity index (χ3v) is 5.47. The van der Waals surface area contributed by atoms with Gasteiger partial charge in [0.15, 0.2) is 0 Å². The highest BCUT2D eigenvalue weighted by Gasteiger charge is 2.78. The molecule has 0 spiro atoms. The molecule has 1 N–H and O–H groups in total. The Labute approximate surface area is 150 Å². The molecule has 3 aliphatic rings. The standard InChI is InChI=1S/C20H19F2NO3/c1-25-15-9-7-14(8-10-15)20(21,22)18-11-19(12-18,13-18)23-17(24)26-16-5-3-2-4-6-16/h2-10H,11-13H2,1H3,(H,23,24). The number of methoxy groups -OCH3 is 1. The summed E-state index contributed by atoms with van der Waals surface area (Å²) in [7, 11) is 1.50. The summed E-state index contributed by atoms with van der Waals surface area (Å²) >= 11 is 0. The van der Waals surface area contributed by atoms with Gasteiger partial charge in [0.1, 0.15) is 11.5 Å². The number of carbonyl (C=O) groups excluding carboxylic acids is 1. The van der Waals surface area contributed by atoms with E-state index in [1.165, 1.54) is 19.2 Å². The Morgan fingerprint density at radius 1 is 1.00 bits per heavy atom. The Morgan fingerprint density at radius 2 is 1.62 bits per heavy atom. The number of hydrogen-bond acceptors (Lipinski definition) is 3. The van der Waals surface area contributed by atoms with E-state index in [2.05, 4.69) is 5.32 Å². The van der Waals surface area contributed by atoms with E-state index in [-0.39, 0.29) is 24.8 Å². The van der Waals surface area contributed by atoms with Gasteiger partial charge in [0.2, 0.25) is 0 Å². The molecule has 0 heterocycles. The molecular weight excluding hydrogens is 340 g/mol. The minimum atomic E-state index is -2.94. The Balaban J connectivity index is 1.38. The van der Waals surface area contributed by atoms with Crippen molar-refractivity contribution in [2.75, 3.05) is 7.11 Å². The van der Waals surface area contributed by atoms with Gasteiger partial charge in [-0.3, -0.25) is 0 Å². The molecule has 5 rings (SSSR count). The lowest BCUT2D eigenvalue weighted by molar-refractivity contribution is -0.288. The van der Waals surface area contributed by atoms with Crippen LogP contribution in [0.4, 0.5) is 13.6 Å². The van der Waals surface area contributed by atoms with E-state index in [1.54, 1.807) is 36.4 Å². The molecule has 2 aromatic rings. The van der Waals surface area contributed by atoms with Crippen molar-refractivity contribution >= 4 is 6.09 Å². The van der Waals surface area contributed by atoms with Crippen molar-refractivity contribution in [2.45, 2.75) is 30.7 Å². The number of benzene rings is 2. The highest BCUT2D eigenvalue weighted by atomic mass is 19.3. The maximum atomic E-state index is 14.9. The molecule has 0 unspecified atom stereocenters. The summed E-state index contributed by atoms with van der Waals surface area (Å²) in [6, 6.07) is 14.6. The van der Waals surface area contributed by atoms with Gasteiger partial charge in [0, 0.05) is 16.5 Å². The molecule has 0 radical (unpaired) electrons. The molecule has 6 heteroatoms. The average molecular weight is 359 g/mol. The van der Waals surface area contributed by atoms with Gasteiger partial charge >= 0.3 is 6.09 Å². The van der Waals surface area contributed by atoms with E-state index in [1.807, 2.05) is 6.07 Å². The Hall–Kier alpha value is -2.63. The number of halogens is 2. The first-order valence-electron chi connectivity index (χ1n) is 8.46. The van der Waals surface area contributed by atoms with E-state index < -0.39 is 23.0 Å². The second-order valence-electron chi connectivity index (χ2n) is 7.22. The first-order chi connectivity index (χ1) is 12.4. The molecule has 3 saturated carbocycles. The van der Waals surface area contributed by atoms with Crippen LogP contribution in [0.5, 0.6) is 11.5 Å². The molecule has 0 aliphatic heterocycles. The zero-order valence-corrected chi connectivity index (χ0v) is 14.3. The number of rotatable bonds is 5. The molecule has 0 aromatic heterocycles. The number of nitrogens with one attached hydrogen (secondary N) is 1. The molecule has 3 aliphatic carbocycles. The second-order valence-corrected chi connectivity index (χ2v) is 7.22. The van der Waals surface area contributed by atoms with Gasteiger partial charge in [-0.2, -0.15) is 0 Å². The van der Waals surface area contributed by atoms with Crippen LogP contribution in [0.3, 0.4) is 0 Å². The lowest BCUT2D eigenvalue weighted by Crippen LogP contribution is -2.78. The number of amides is 1. The summed E-state index contributed by atoms with van der Waals surface area (Å²) in [6.45, 7) is 0. The number of carbonyl (C=O) groups is 1. The van der Waals surface area contributed by atoms with Crippen LogP contribution in [0.25, 0.3) is 0 Å². The van der Waals surface area contributed by atoms with Crippen molar-refractivity contribution in [3.63, 3.8) is 0 Å². The number of ether oxygens (including phenoxy) is 2. The minimum Gasteiger partial charge on any atom is -0.497 e. The normalized spacial score (nSPS) is 26.3. The second kappa shape index (κ2) is 5.69. The van der Waals surface area contributed by atoms with E-state index >= 15 is 0 Å². The van der Waals surface area contributed by atoms with Crippen molar-refractivity contribution in [3.05, 3.63) is 60.2 Å². The Morgan fingerprint density at radius 3 is 2.19 bits per heavy atom. The molecule has 3 fully saturated rings. The highest BCUT2D eigenvalue weighted by Crippen LogP contribution is 2.75. The monoisotopic (exact) mass is 359 g/mol. The highest BCUT2D eigenvalue weighted by molar-refractivity contribution is 5.72. The maximum Gasteiger partial charge on any atom is 0.413 e. The van der Waals surface area contributed by atoms with Gasteiger partial charge < -0.3 is 14.8 Å². The molecule has 2 bridgehead atoms. The van der Waals surface area contributed by atoms with Crippen LogP contribution in [0.2, 0.25) is 0 Å². The Kier molecular flexibility index (Phi) is 3.68. The molecule has 1 amide bonds. The van der Waals surface area contributed by atoms with Crippen LogP contribution in [0.15, 0.2) is 54.6 Å². The zero-order valence-electron chi connectivity index (χ0n) is 14.3. The van der Waals surface area contributed by atoms with Gasteiger partial charge in [0.25, 0.3) is 5.92 Å². The molecule has 2 aromatic carbocycles. The lowest BCUT2D eigenvalue weighted by atomic mass is 9.37. The molecule has 0 atom stereocenters. The van der Waals surface area contributed by atoms with Crippen LogP contribution in [-0.4, -0.2) is 18.7 Å². The minimum absolute atomic E-state index is 0.0153. The molecule has 136 valence electrons. The van der Waals surface area contributed by atoms with Gasteiger partial charge in [-0.25, -0.2) is 13.6 Å². The zero-order chi connectivity index (χ0) is 18.4. The van der Waals surface area contributed by atoms with Gasteiger partial charge in [0.05, 0.1) is 7.11 Å². The van der Waals surface area contributed by atoms with Crippen molar-refractivity contribution < 1.29 is 23.0 Å². The van der Waals surface area contributed by atoms with E-state index in [4.69, 9.17) is 9.47 Å². The molecular formula is C20H19F2NO3. The Bertz CT molecular complexity index is 801.